The Balaban J connectivity index is 0.000000318. The molecule has 31 heavy (non-hydrogen) atoms. The highest BCUT2D eigenvalue weighted by Gasteiger charge is 2.33. The van der Waals surface area contributed by atoms with Gasteiger partial charge in [-0.15, -0.1) is 0 Å². The van der Waals surface area contributed by atoms with E-state index in [4.69, 9.17) is 5.26 Å². The molecule has 0 aliphatic rings. The first kappa shape index (κ1) is 25.4. The topological polar surface area (TPSA) is 78.1 Å². The molecule has 0 saturated carbocycles. The van der Waals surface area contributed by atoms with Gasteiger partial charge in [0.05, 0.1) is 23.8 Å². The van der Waals surface area contributed by atoms with Gasteiger partial charge in [-0.1, -0.05) is 24.8 Å². The van der Waals surface area contributed by atoms with Crippen LogP contribution in [0.25, 0.3) is 11.1 Å². The summed E-state index contributed by atoms with van der Waals surface area (Å²) in [6.07, 6.45) is 1.44. The predicted octanol–water partition coefficient (Wildman–Crippen LogP) is 4.14. The van der Waals surface area contributed by atoms with E-state index in [1.54, 1.807) is 29.1 Å². The number of carbonyl (C=O) groups excluding carboxylic acids is 1. The van der Waals surface area contributed by atoms with Crippen LogP contribution in [-0.2, 0) is 11.3 Å². The minimum Gasteiger partial charge on any atom is -0.394 e. The maximum Gasteiger partial charge on any atom is 0.417 e. The Labute approximate surface area is 177 Å². The molecule has 0 bridgehead atoms. The molecule has 1 heterocycles. The molecule has 2 rings (SSSR count). The molecular weight excluding hydrogens is 414 g/mol. The molecule has 0 fully saturated rings. The number of benzene rings is 1. The van der Waals surface area contributed by atoms with E-state index in [1.165, 1.54) is 31.4 Å². The highest BCUT2D eigenvalue weighted by molar-refractivity contribution is 5.62. The van der Waals surface area contributed by atoms with E-state index < -0.39 is 23.4 Å². The summed E-state index contributed by atoms with van der Waals surface area (Å²) in [6.45, 7) is 3.25. The first-order valence-corrected chi connectivity index (χ1v) is 8.89. The van der Waals surface area contributed by atoms with Crippen LogP contribution in [0, 0.1) is 17.1 Å². The largest absolute Gasteiger partial charge is 0.417 e. The zero-order chi connectivity index (χ0) is 23.4. The van der Waals surface area contributed by atoms with E-state index >= 15 is 0 Å². The van der Waals surface area contributed by atoms with E-state index in [-0.39, 0.29) is 12.4 Å². The molecular formula is C22H21F4N3O2. The smallest absolute Gasteiger partial charge is 0.394 e. The van der Waals surface area contributed by atoms with E-state index in [0.717, 1.165) is 17.2 Å². The summed E-state index contributed by atoms with van der Waals surface area (Å²) < 4.78 is 51.2. The second-order valence-electron chi connectivity index (χ2n) is 6.07. The molecule has 1 aromatic heterocycles. The van der Waals surface area contributed by atoms with Gasteiger partial charge in [0.2, 0.25) is 0 Å². The molecule has 1 aromatic carbocycles. The van der Waals surface area contributed by atoms with Gasteiger partial charge < -0.3 is 19.8 Å². The second kappa shape index (κ2) is 12.1. The van der Waals surface area contributed by atoms with Gasteiger partial charge in [-0.25, -0.2) is 4.39 Å². The van der Waals surface area contributed by atoms with Crippen LogP contribution < -0.4 is 5.32 Å². The summed E-state index contributed by atoms with van der Waals surface area (Å²) >= 11 is 0. The number of rotatable bonds is 7. The van der Waals surface area contributed by atoms with Gasteiger partial charge in [0, 0.05) is 19.4 Å². The predicted molar refractivity (Wildman–Crippen MR) is 109 cm³/mol. The Morgan fingerprint density at radius 1 is 1.29 bits per heavy atom. The van der Waals surface area contributed by atoms with Gasteiger partial charge in [-0.3, -0.25) is 0 Å². The monoisotopic (exact) mass is 435 g/mol. The van der Waals surface area contributed by atoms with Crippen LogP contribution in [0.15, 0.2) is 78.8 Å². The molecule has 2 aromatic rings. The van der Waals surface area contributed by atoms with Crippen molar-refractivity contribution in [1.82, 2.24) is 9.88 Å². The lowest BCUT2D eigenvalue weighted by Gasteiger charge is -2.07. The normalized spacial score (nSPS) is 12.8. The van der Waals surface area contributed by atoms with E-state index in [2.05, 4.69) is 11.9 Å². The summed E-state index contributed by atoms with van der Waals surface area (Å²) in [4.78, 5) is 10.3. The van der Waals surface area contributed by atoms with Crippen molar-refractivity contribution >= 4 is 6.29 Å². The average Bonchev–Trinajstić information content (AvgIpc) is 3.19. The number of hydrogen-bond donors (Lipinski definition) is 2. The highest BCUT2D eigenvalue weighted by Crippen LogP contribution is 2.29. The number of alkyl halides is 3. The molecule has 0 radical (unpaired) electrons. The maximum absolute atomic E-state index is 12.7. The molecule has 2 N–H and O–H groups in total. The van der Waals surface area contributed by atoms with Crippen molar-refractivity contribution in [2.45, 2.75) is 18.8 Å². The van der Waals surface area contributed by atoms with Gasteiger partial charge in [0.15, 0.2) is 0 Å². The van der Waals surface area contributed by atoms with Crippen LogP contribution in [0.5, 0.6) is 0 Å². The van der Waals surface area contributed by atoms with Crippen LogP contribution in [0.3, 0.4) is 0 Å². The van der Waals surface area contributed by atoms with Gasteiger partial charge in [0.25, 0.3) is 0 Å². The Bertz CT molecular complexity index is 968. The fraction of sp³-hybridized carbons (Fsp3) is 0.182. The number of aldehydes is 1. The Hall–Kier alpha value is -3.64. The van der Waals surface area contributed by atoms with Crippen LogP contribution in [0.2, 0.25) is 0 Å². The molecule has 0 amide bonds. The molecule has 0 spiro atoms. The maximum atomic E-state index is 12.7. The molecule has 0 saturated heterocycles. The van der Waals surface area contributed by atoms with Crippen LogP contribution in [-0.4, -0.2) is 35.3 Å². The quantitative estimate of drug-likeness (QED) is 0.297. The molecule has 164 valence electrons. The third kappa shape index (κ3) is 8.32. The Morgan fingerprint density at radius 3 is 2.42 bits per heavy atom. The third-order valence-corrected chi connectivity index (χ3v) is 3.82. The third-order valence-electron chi connectivity index (χ3n) is 3.82. The van der Waals surface area contributed by atoms with Gasteiger partial charge in [-0.05, 0) is 41.6 Å². The second-order valence-corrected chi connectivity index (χ2v) is 6.07. The van der Waals surface area contributed by atoms with Gasteiger partial charge in [-0.2, -0.15) is 18.4 Å². The summed E-state index contributed by atoms with van der Waals surface area (Å²) in [5.41, 5.74) is 0.308. The van der Waals surface area contributed by atoms with Crippen molar-refractivity contribution in [3.63, 3.8) is 0 Å². The van der Waals surface area contributed by atoms with Crippen molar-refractivity contribution < 1.29 is 27.5 Å². The molecule has 0 aliphatic heterocycles. The fourth-order valence-electron chi connectivity index (χ4n) is 2.36. The number of aromatic nitrogens is 1. The average molecular weight is 435 g/mol. The number of aliphatic hydroxyl groups excluding tert-OH is 1. The first-order chi connectivity index (χ1) is 14.7. The van der Waals surface area contributed by atoms with Gasteiger partial charge in [0.1, 0.15) is 18.2 Å². The van der Waals surface area contributed by atoms with Gasteiger partial charge >= 0.3 is 6.18 Å². The van der Waals surface area contributed by atoms with Crippen molar-refractivity contribution in [2.24, 2.45) is 0 Å². The lowest BCUT2D eigenvalue weighted by Crippen LogP contribution is -2.15. The number of nitriles is 1. The molecule has 5 nitrogen and oxygen atoms in total. The van der Waals surface area contributed by atoms with E-state index in [0.29, 0.717) is 12.4 Å². The zero-order valence-electron chi connectivity index (χ0n) is 16.6. The summed E-state index contributed by atoms with van der Waals surface area (Å²) in [5.74, 6) is -0.274. The number of nitrogens with one attached hydrogen (secondary N) is 1. The highest BCUT2D eigenvalue weighted by atomic mass is 19.4. The number of allylic oxidation sites excluding steroid dienone is 4. The number of carbonyl (C=O) groups is 1. The summed E-state index contributed by atoms with van der Waals surface area (Å²) in [5, 5.41) is 20.2. The van der Waals surface area contributed by atoms with Crippen molar-refractivity contribution in [2.75, 3.05) is 7.05 Å². The lowest BCUT2D eigenvalue weighted by atomic mass is 10.1. The number of hydrogen-bond acceptors (Lipinski definition) is 4. The zero-order valence-corrected chi connectivity index (χ0v) is 16.6. The fourth-order valence-corrected chi connectivity index (χ4v) is 2.36. The van der Waals surface area contributed by atoms with Crippen LogP contribution in [0.4, 0.5) is 17.6 Å². The number of aliphatic hydroxyl groups is 1. The van der Waals surface area contributed by atoms with E-state index in [1.807, 2.05) is 6.07 Å². The molecule has 0 unspecified atom stereocenters. The SMILES string of the molecule is C=C/C(=C(C#N)\C=C/NC)C(F)(F)F.O=C[C@@H](O)Cn1ccc(-c2ccc(F)cc2)c1. The minimum atomic E-state index is -4.55. The van der Waals surface area contributed by atoms with Crippen molar-refractivity contribution in [1.29, 1.82) is 5.26 Å². The van der Waals surface area contributed by atoms with E-state index in [9.17, 15) is 27.5 Å². The number of halogens is 4. The van der Waals surface area contributed by atoms with Crippen LogP contribution >= 0.6 is 0 Å². The summed E-state index contributed by atoms with van der Waals surface area (Å²) in [7, 11) is 1.52. The van der Waals surface area contributed by atoms with Crippen molar-refractivity contribution in [3.8, 4) is 17.2 Å². The lowest BCUT2D eigenvalue weighted by molar-refractivity contribution is -0.115. The van der Waals surface area contributed by atoms with Crippen molar-refractivity contribution in [3.05, 3.63) is 84.6 Å². The molecule has 0 aliphatic carbocycles. The summed E-state index contributed by atoms with van der Waals surface area (Å²) in [6, 6.07) is 9.47. The molecule has 1 atom stereocenters. The molecule has 9 heteroatoms. The Morgan fingerprint density at radius 2 is 1.94 bits per heavy atom. The minimum absolute atomic E-state index is 0.227. The first-order valence-electron chi connectivity index (χ1n) is 8.89. The number of nitrogens with zero attached hydrogens (tertiary/aromatic N) is 2. The Kier molecular flexibility index (Phi) is 9.95. The van der Waals surface area contributed by atoms with Crippen LogP contribution in [0.1, 0.15) is 0 Å². The standard InChI is InChI=1S/C13H12FNO2.C9H9F3N2/c14-12-3-1-10(2-4-12)11-5-6-15(7-11)8-13(17)9-16;1-3-8(9(10,11)12)7(6-13)4-5-14-2/h1-7,9,13,17H,8H2;3-5,14H,1H2,2H3/b;5-4-,8-7-/t13-;/m0./s1.